The molecule has 1 aliphatic carbocycles. The first kappa shape index (κ1) is 13.8. The lowest BCUT2D eigenvalue weighted by Gasteiger charge is -2.14. The maximum absolute atomic E-state index is 13.0. The van der Waals surface area contributed by atoms with E-state index in [1.807, 2.05) is 13.8 Å². The van der Waals surface area contributed by atoms with Crippen LogP contribution >= 0.6 is 0 Å². The lowest BCUT2D eigenvalue weighted by atomic mass is 10.2. The van der Waals surface area contributed by atoms with Crippen LogP contribution in [0.25, 0.3) is 0 Å². The normalized spacial score (nSPS) is 14.0. The Labute approximate surface area is 123 Å². The molecule has 1 heterocycles. The van der Waals surface area contributed by atoms with Gasteiger partial charge in [0.2, 0.25) is 0 Å². The molecule has 4 nitrogen and oxygen atoms in total. The van der Waals surface area contributed by atoms with Crippen molar-refractivity contribution in [3.05, 3.63) is 41.5 Å². The summed E-state index contributed by atoms with van der Waals surface area (Å²) in [6.45, 7) is 4.85. The van der Waals surface area contributed by atoms with Crippen molar-refractivity contribution in [2.24, 2.45) is 0 Å². The Hall–Kier alpha value is -2.17. The molecule has 21 heavy (non-hydrogen) atoms. The molecule has 0 radical (unpaired) electrons. The highest BCUT2D eigenvalue weighted by Gasteiger charge is 2.28. The highest BCUT2D eigenvalue weighted by molar-refractivity contribution is 5.64. The summed E-state index contributed by atoms with van der Waals surface area (Å²) in [5, 5.41) is 6.55. The van der Waals surface area contributed by atoms with Gasteiger partial charge >= 0.3 is 0 Å². The van der Waals surface area contributed by atoms with E-state index in [4.69, 9.17) is 0 Å². The van der Waals surface area contributed by atoms with Crippen molar-refractivity contribution in [3.63, 3.8) is 0 Å². The van der Waals surface area contributed by atoms with Crippen LogP contribution in [0.4, 0.5) is 21.7 Å². The molecule has 0 atom stereocenters. The minimum atomic E-state index is -0.244. The number of hydrogen-bond donors (Lipinski definition) is 2. The SMILES string of the molecule is CCNc1nc(C2CC2)nc(Nc2ccc(F)cc2)c1C. The van der Waals surface area contributed by atoms with Gasteiger partial charge < -0.3 is 10.6 Å². The number of hydrogen-bond acceptors (Lipinski definition) is 4. The topological polar surface area (TPSA) is 49.8 Å². The number of halogens is 1. The van der Waals surface area contributed by atoms with Gasteiger partial charge in [-0.1, -0.05) is 0 Å². The molecule has 1 saturated carbocycles. The minimum Gasteiger partial charge on any atom is -0.370 e. The van der Waals surface area contributed by atoms with Crippen molar-refractivity contribution >= 4 is 17.3 Å². The molecule has 0 unspecified atom stereocenters. The molecule has 1 aromatic carbocycles. The van der Waals surface area contributed by atoms with E-state index in [2.05, 4.69) is 20.6 Å². The molecule has 0 aliphatic heterocycles. The molecule has 110 valence electrons. The summed E-state index contributed by atoms with van der Waals surface area (Å²) in [5.74, 6) is 2.79. The Balaban J connectivity index is 1.93. The maximum Gasteiger partial charge on any atom is 0.139 e. The number of rotatable bonds is 5. The van der Waals surface area contributed by atoms with E-state index in [1.54, 1.807) is 12.1 Å². The van der Waals surface area contributed by atoms with Gasteiger partial charge in [0, 0.05) is 23.7 Å². The van der Waals surface area contributed by atoms with E-state index < -0.39 is 0 Å². The van der Waals surface area contributed by atoms with Crippen molar-refractivity contribution in [2.75, 3.05) is 17.2 Å². The van der Waals surface area contributed by atoms with E-state index in [9.17, 15) is 4.39 Å². The number of benzene rings is 1. The van der Waals surface area contributed by atoms with Gasteiger partial charge in [-0.05, 0) is 51.0 Å². The number of nitrogens with one attached hydrogen (secondary N) is 2. The standard InChI is InChI=1S/C16H19FN4/c1-3-18-14-10(2)15(21-16(20-14)11-4-5-11)19-13-8-6-12(17)7-9-13/h6-9,11H,3-5H2,1-2H3,(H2,18,19,20,21). The molecule has 1 fully saturated rings. The highest BCUT2D eigenvalue weighted by Crippen LogP contribution is 2.39. The van der Waals surface area contributed by atoms with Gasteiger partial charge in [-0.15, -0.1) is 0 Å². The quantitative estimate of drug-likeness (QED) is 0.873. The first-order valence-electron chi connectivity index (χ1n) is 7.32. The number of nitrogens with zero attached hydrogens (tertiary/aromatic N) is 2. The molecule has 1 aliphatic rings. The van der Waals surface area contributed by atoms with Gasteiger partial charge in [-0.25, -0.2) is 14.4 Å². The molecule has 0 spiro atoms. The van der Waals surface area contributed by atoms with Gasteiger partial charge in [0.15, 0.2) is 0 Å². The Morgan fingerprint density at radius 2 is 1.81 bits per heavy atom. The molecule has 1 aromatic heterocycles. The number of anilines is 3. The van der Waals surface area contributed by atoms with Crippen LogP contribution in [0.5, 0.6) is 0 Å². The van der Waals surface area contributed by atoms with Crippen molar-refractivity contribution in [1.29, 1.82) is 0 Å². The van der Waals surface area contributed by atoms with Crippen LogP contribution in [-0.2, 0) is 0 Å². The summed E-state index contributed by atoms with van der Waals surface area (Å²) in [6, 6.07) is 6.29. The molecule has 0 saturated heterocycles. The molecule has 0 bridgehead atoms. The van der Waals surface area contributed by atoms with Crippen molar-refractivity contribution in [2.45, 2.75) is 32.6 Å². The predicted octanol–water partition coefficient (Wildman–Crippen LogP) is 3.98. The Kier molecular flexibility index (Phi) is 3.73. The van der Waals surface area contributed by atoms with Gasteiger partial charge in [0.25, 0.3) is 0 Å². The second-order valence-electron chi connectivity index (χ2n) is 5.34. The predicted molar refractivity (Wildman–Crippen MR) is 82.6 cm³/mol. The third-order valence-electron chi connectivity index (χ3n) is 3.56. The first-order chi connectivity index (χ1) is 10.2. The van der Waals surface area contributed by atoms with Crippen LogP contribution in [0.3, 0.4) is 0 Å². The third kappa shape index (κ3) is 3.12. The van der Waals surface area contributed by atoms with E-state index >= 15 is 0 Å². The summed E-state index contributed by atoms with van der Waals surface area (Å²) in [6.07, 6.45) is 2.31. The van der Waals surface area contributed by atoms with Crippen LogP contribution in [0.15, 0.2) is 24.3 Å². The molecule has 3 rings (SSSR count). The molecular weight excluding hydrogens is 267 g/mol. The van der Waals surface area contributed by atoms with E-state index in [0.29, 0.717) is 5.92 Å². The maximum atomic E-state index is 13.0. The molecule has 0 amide bonds. The lowest BCUT2D eigenvalue weighted by Crippen LogP contribution is -2.09. The zero-order valence-corrected chi connectivity index (χ0v) is 12.3. The largest absolute Gasteiger partial charge is 0.370 e. The lowest BCUT2D eigenvalue weighted by molar-refractivity contribution is 0.628. The van der Waals surface area contributed by atoms with Crippen LogP contribution < -0.4 is 10.6 Å². The summed E-state index contributed by atoms with van der Waals surface area (Å²) >= 11 is 0. The molecular formula is C16H19FN4. The number of aromatic nitrogens is 2. The van der Waals surface area contributed by atoms with Crippen molar-refractivity contribution < 1.29 is 4.39 Å². The summed E-state index contributed by atoms with van der Waals surface area (Å²) in [7, 11) is 0. The van der Waals surface area contributed by atoms with Gasteiger partial charge in [0.1, 0.15) is 23.3 Å². The zero-order chi connectivity index (χ0) is 14.8. The molecule has 2 N–H and O–H groups in total. The van der Waals surface area contributed by atoms with Crippen LogP contribution in [-0.4, -0.2) is 16.5 Å². The van der Waals surface area contributed by atoms with Gasteiger partial charge in [0.05, 0.1) is 0 Å². The van der Waals surface area contributed by atoms with E-state index in [1.165, 1.54) is 12.1 Å². The van der Waals surface area contributed by atoms with Crippen molar-refractivity contribution in [3.8, 4) is 0 Å². The second kappa shape index (κ2) is 5.68. The molecule has 2 aromatic rings. The van der Waals surface area contributed by atoms with Crippen LogP contribution in [0.2, 0.25) is 0 Å². The smallest absolute Gasteiger partial charge is 0.139 e. The van der Waals surface area contributed by atoms with E-state index in [-0.39, 0.29) is 5.82 Å². The Morgan fingerprint density at radius 3 is 2.43 bits per heavy atom. The third-order valence-corrected chi connectivity index (χ3v) is 3.56. The highest BCUT2D eigenvalue weighted by atomic mass is 19.1. The van der Waals surface area contributed by atoms with Gasteiger partial charge in [-0.3, -0.25) is 0 Å². The average molecular weight is 286 g/mol. The summed E-state index contributed by atoms with van der Waals surface area (Å²) in [5.41, 5.74) is 1.80. The van der Waals surface area contributed by atoms with Crippen molar-refractivity contribution in [1.82, 2.24) is 9.97 Å². The fourth-order valence-corrected chi connectivity index (χ4v) is 2.19. The van der Waals surface area contributed by atoms with Gasteiger partial charge in [-0.2, -0.15) is 0 Å². The minimum absolute atomic E-state index is 0.244. The second-order valence-corrected chi connectivity index (χ2v) is 5.34. The molecule has 5 heteroatoms. The summed E-state index contributed by atoms with van der Waals surface area (Å²) in [4.78, 5) is 9.26. The average Bonchev–Trinajstić information content (AvgIpc) is 3.30. The monoisotopic (exact) mass is 286 g/mol. The Bertz CT molecular complexity index is 635. The van der Waals surface area contributed by atoms with Crippen LogP contribution in [0, 0.1) is 12.7 Å². The fourth-order valence-electron chi connectivity index (χ4n) is 2.19. The van der Waals surface area contributed by atoms with Crippen LogP contribution in [0.1, 0.15) is 37.1 Å². The summed E-state index contributed by atoms with van der Waals surface area (Å²) < 4.78 is 13.0. The first-order valence-corrected chi connectivity index (χ1v) is 7.32. The Morgan fingerprint density at radius 1 is 1.14 bits per heavy atom. The van der Waals surface area contributed by atoms with E-state index in [0.717, 1.165) is 48.1 Å². The fraction of sp³-hybridized carbons (Fsp3) is 0.375. The zero-order valence-electron chi connectivity index (χ0n) is 12.3.